The van der Waals surface area contributed by atoms with Crippen molar-refractivity contribution in [3.05, 3.63) is 30.3 Å². The van der Waals surface area contributed by atoms with Gasteiger partial charge in [0, 0.05) is 5.46 Å². The SMILES string of the molecule is C=Cc1ccc(B2OC(C)(C)C(C)(C)O2)c(OC)c1. The van der Waals surface area contributed by atoms with Gasteiger partial charge < -0.3 is 14.0 Å². The Labute approximate surface area is 115 Å². The zero-order chi connectivity index (χ0) is 14.3. The van der Waals surface area contributed by atoms with E-state index in [2.05, 4.69) is 6.58 Å². The van der Waals surface area contributed by atoms with Gasteiger partial charge in [-0.15, -0.1) is 0 Å². The van der Waals surface area contributed by atoms with E-state index in [1.807, 2.05) is 45.9 Å². The zero-order valence-electron chi connectivity index (χ0n) is 12.3. The van der Waals surface area contributed by atoms with E-state index in [0.29, 0.717) is 0 Å². The first kappa shape index (κ1) is 14.2. The van der Waals surface area contributed by atoms with Gasteiger partial charge in [-0.3, -0.25) is 0 Å². The van der Waals surface area contributed by atoms with Crippen LogP contribution in [0, 0.1) is 0 Å². The third kappa shape index (κ3) is 2.43. The fraction of sp³-hybridized carbons (Fsp3) is 0.467. The maximum atomic E-state index is 6.04. The molecule has 1 aliphatic rings. The minimum absolute atomic E-state index is 0.347. The Morgan fingerprint density at radius 1 is 1.16 bits per heavy atom. The maximum Gasteiger partial charge on any atom is 0.498 e. The predicted octanol–water partition coefficient (Wildman–Crippen LogP) is 2.64. The van der Waals surface area contributed by atoms with Crippen LogP contribution in [0.2, 0.25) is 0 Å². The first-order valence-electron chi connectivity index (χ1n) is 6.47. The van der Waals surface area contributed by atoms with Crippen LogP contribution in [-0.4, -0.2) is 25.4 Å². The summed E-state index contributed by atoms with van der Waals surface area (Å²) in [5.41, 5.74) is 1.23. The van der Waals surface area contributed by atoms with E-state index >= 15 is 0 Å². The molecule has 0 aliphatic carbocycles. The average molecular weight is 260 g/mol. The fourth-order valence-electron chi connectivity index (χ4n) is 2.02. The molecule has 3 nitrogen and oxygen atoms in total. The fourth-order valence-corrected chi connectivity index (χ4v) is 2.02. The third-order valence-electron chi connectivity index (χ3n) is 4.00. The van der Waals surface area contributed by atoms with Crippen LogP contribution < -0.4 is 10.2 Å². The molecule has 0 atom stereocenters. The van der Waals surface area contributed by atoms with Gasteiger partial charge in [0.05, 0.1) is 18.3 Å². The van der Waals surface area contributed by atoms with Crippen molar-refractivity contribution in [3.63, 3.8) is 0 Å². The molecular formula is C15H21BO3. The molecule has 1 aliphatic heterocycles. The van der Waals surface area contributed by atoms with Crippen molar-refractivity contribution in [1.29, 1.82) is 0 Å². The highest BCUT2D eigenvalue weighted by atomic mass is 16.7. The monoisotopic (exact) mass is 260 g/mol. The van der Waals surface area contributed by atoms with Gasteiger partial charge in [0.1, 0.15) is 5.75 Å². The van der Waals surface area contributed by atoms with E-state index < -0.39 is 7.12 Å². The maximum absolute atomic E-state index is 6.04. The molecule has 2 rings (SSSR count). The van der Waals surface area contributed by atoms with Crippen LogP contribution in [0.1, 0.15) is 33.3 Å². The second-order valence-corrected chi connectivity index (χ2v) is 5.79. The molecule has 1 saturated heterocycles. The van der Waals surface area contributed by atoms with Crippen molar-refractivity contribution in [2.75, 3.05) is 7.11 Å². The average Bonchev–Trinajstić information content (AvgIpc) is 2.57. The van der Waals surface area contributed by atoms with Gasteiger partial charge in [-0.1, -0.05) is 24.8 Å². The molecule has 0 saturated carbocycles. The molecule has 1 aromatic rings. The number of methoxy groups -OCH3 is 1. The summed E-state index contributed by atoms with van der Waals surface area (Å²) >= 11 is 0. The lowest BCUT2D eigenvalue weighted by Crippen LogP contribution is -2.41. The molecule has 1 aromatic carbocycles. The lowest BCUT2D eigenvalue weighted by molar-refractivity contribution is 0.00578. The van der Waals surface area contributed by atoms with Crippen molar-refractivity contribution in [1.82, 2.24) is 0 Å². The number of benzene rings is 1. The summed E-state index contributed by atoms with van der Waals surface area (Å²) in [6.45, 7) is 11.9. The van der Waals surface area contributed by atoms with Gasteiger partial charge >= 0.3 is 7.12 Å². The Kier molecular flexibility index (Phi) is 3.50. The van der Waals surface area contributed by atoms with Gasteiger partial charge in [-0.2, -0.15) is 0 Å². The van der Waals surface area contributed by atoms with E-state index in [9.17, 15) is 0 Å². The predicted molar refractivity (Wildman–Crippen MR) is 78.8 cm³/mol. The quantitative estimate of drug-likeness (QED) is 0.782. The van der Waals surface area contributed by atoms with Crippen LogP contribution >= 0.6 is 0 Å². The summed E-state index contributed by atoms with van der Waals surface area (Å²) in [7, 11) is 1.25. The molecule has 0 spiro atoms. The van der Waals surface area contributed by atoms with Gasteiger partial charge in [0.15, 0.2) is 0 Å². The lowest BCUT2D eigenvalue weighted by atomic mass is 9.78. The molecule has 0 unspecified atom stereocenters. The normalized spacial score (nSPS) is 20.4. The second kappa shape index (κ2) is 4.69. The van der Waals surface area contributed by atoms with Crippen LogP contribution in [0.15, 0.2) is 24.8 Å². The highest BCUT2D eigenvalue weighted by Crippen LogP contribution is 2.37. The standard InChI is InChI=1S/C15H21BO3/c1-7-11-8-9-12(13(10-11)17-6)16-18-14(2,3)15(4,5)19-16/h7-10H,1H2,2-6H3. The van der Waals surface area contributed by atoms with Gasteiger partial charge in [0.2, 0.25) is 0 Å². The van der Waals surface area contributed by atoms with E-state index in [-0.39, 0.29) is 11.2 Å². The van der Waals surface area contributed by atoms with E-state index in [1.54, 1.807) is 13.2 Å². The van der Waals surface area contributed by atoms with Crippen molar-refractivity contribution in [2.24, 2.45) is 0 Å². The van der Waals surface area contributed by atoms with Crippen molar-refractivity contribution < 1.29 is 14.0 Å². The molecule has 102 valence electrons. The van der Waals surface area contributed by atoms with Gasteiger partial charge in [-0.25, -0.2) is 0 Å². The van der Waals surface area contributed by atoms with Crippen LogP contribution in [0.5, 0.6) is 5.75 Å². The van der Waals surface area contributed by atoms with E-state index in [0.717, 1.165) is 16.8 Å². The molecule has 0 amide bonds. The van der Waals surface area contributed by atoms with Gasteiger partial charge in [-0.05, 0) is 39.3 Å². The highest BCUT2D eigenvalue weighted by Gasteiger charge is 2.52. The van der Waals surface area contributed by atoms with E-state index in [1.165, 1.54) is 0 Å². The molecule has 4 heteroatoms. The molecule has 19 heavy (non-hydrogen) atoms. The van der Waals surface area contributed by atoms with Crippen LogP contribution in [0.25, 0.3) is 6.08 Å². The molecule has 0 bridgehead atoms. The Bertz CT molecular complexity index is 478. The molecule has 0 N–H and O–H groups in total. The molecule has 1 heterocycles. The topological polar surface area (TPSA) is 27.7 Å². The summed E-state index contributed by atoms with van der Waals surface area (Å²) in [6, 6.07) is 5.89. The number of ether oxygens (including phenoxy) is 1. The van der Waals surface area contributed by atoms with Crippen molar-refractivity contribution in [3.8, 4) is 5.75 Å². The molecular weight excluding hydrogens is 239 g/mol. The number of hydrogen-bond acceptors (Lipinski definition) is 3. The third-order valence-corrected chi connectivity index (χ3v) is 4.00. The van der Waals surface area contributed by atoms with E-state index in [4.69, 9.17) is 14.0 Å². The summed E-state index contributed by atoms with van der Waals surface area (Å²) in [4.78, 5) is 0. The Balaban J connectivity index is 2.36. The largest absolute Gasteiger partial charge is 0.498 e. The number of hydrogen-bond donors (Lipinski definition) is 0. The summed E-state index contributed by atoms with van der Waals surface area (Å²) in [6.07, 6.45) is 1.79. The van der Waals surface area contributed by atoms with Crippen molar-refractivity contribution in [2.45, 2.75) is 38.9 Å². The smallest absolute Gasteiger partial charge is 0.497 e. The second-order valence-electron chi connectivity index (χ2n) is 5.79. The van der Waals surface area contributed by atoms with Crippen LogP contribution in [0.3, 0.4) is 0 Å². The summed E-state index contributed by atoms with van der Waals surface area (Å²) in [5.74, 6) is 0.760. The lowest BCUT2D eigenvalue weighted by Gasteiger charge is -2.32. The Morgan fingerprint density at radius 3 is 2.21 bits per heavy atom. The minimum Gasteiger partial charge on any atom is -0.497 e. The Morgan fingerprint density at radius 2 is 1.74 bits per heavy atom. The molecule has 0 aromatic heterocycles. The van der Waals surface area contributed by atoms with Gasteiger partial charge in [0.25, 0.3) is 0 Å². The van der Waals surface area contributed by atoms with Crippen molar-refractivity contribution >= 4 is 18.7 Å². The minimum atomic E-state index is -0.404. The first-order valence-corrected chi connectivity index (χ1v) is 6.47. The van der Waals surface area contributed by atoms with Crippen LogP contribution in [0.4, 0.5) is 0 Å². The molecule has 1 fully saturated rings. The highest BCUT2D eigenvalue weighted by molar-refractivity contribution is 6.63. The van der Waals surface area contributed by atoms with Crippen LogP contribution in [-0.2, 0) is 9.31 Å². The molecule has 0 radical (unpaired) electrons. The zero-order valence-corrected chi connectivity index (χ0v) is 12.3. The summed E-state index contributed by atoms with van der Waals surface area (Å²) in [5, 5.41) is 0. The first-order chi connectivity index (χ1) is 8.80. The Hall–Kier alpha value is -1.26. The number of rotatable bonds is 3. The summed E-state index contributed by atoms with van der Waals surface area (Å²) < 4.78 is 17.5.